The number of hydrogen-bond acceptors (Lipinski definition) is 5. The highest BCUT2D eigenvalue weighted by Gasteiger charge is 2.28. The number of methoxy groups -OCH3 is 1. The minimum atomic E-state index is -0.454. The van der Waals surface area contributed by atoms with Gasteiger partial charge in [-0.15, -0.1) is 0 Å². The highest BCUT2D eigenvalue weighted by atomic mass is 16.5. The van der Waals surface area contributed by atoms with Crippen LogP contribution in [0.1, 0.15) is 24.8 Å². The molecule has 120 valence electrons. The van der Waals surface area contributed by atoms with Crippen molar-refractivity contribution in [3.05, 3.63) is 18.2 Å². The fourth-order valence-electron chi connectivity index (χ4n) is 2.80. The SMILES string of the molecule is COCCOCCN1CCC(C(O)c2nccn2C)CC1. The Morgan fingerprint density at radius 3 is 2.71 bits per heavy atom. The van der Waals surface area contributed by atoms with Crippen LogP contribution >= 0.6 is 0 Å². The maximum atomic E-state index is 10.4. The first-order valence-corrected chi connectivity index (χ1v) is 7.66. The smallest absolute Gasteiger partial charge is 0.137 e. The summed E-state index contributed by atoms with van der Waals surface area (Å²) in [7, 11) is 3.61. The van der Waals surface area contributed by atoms with Crippen molar-refractivity contribution in [3.63, 3.8) is 0 Å². The Hall–Kier alpha value is -0.950. The molecule has 1 aromatic rings. The van der Waals surface area contributed by atoms with Crippen LogP contribution in [0.4, 0.5) is 0 Å². The van der Waals surface area contributed by atoms with Gasteiger partial charge in [0.1, 0.15) is 11.9 Å². The molecule has 21 heavy (non-hydrogen) atoms. The third-order valence-electron chi connectivity index (χ3n) is 4.19. The number of aryl methyl sites for hydroxylation is 1. The predicted octanol–water partition coefficient (Wildman–Crippen LogP) is 0.828. The molecule has 1 aliphatic heterocycles. The second-order valence-electron chi connectivity index (χ2n) is 5.63. The van der Waals surface area contributed by atoms with E-state index in [-0.39, 0.29) is 0 Å². The van der Waals surface area contributed by atoms with Crippen LogP contribution < -0.4 is 0 Å². The van der Waals surface area contributed by atoms with Gasteiger partial charge in [0.05, 0.1) is 19.8 Å². The molecule has 0 bridgehead atoms. The molecule has 0 aliphatic carbocycles. The number of imidazole rings is 1. The molecule has 1 N–H and O–H groups in total. The van der Waals surface area contributed by atoms with E-state index < -0.39 is 6.10 Å². The zero-order chi connectivity index (χ0) is 15.1. The molecular formula is C15H27N3O3. The van der Waals surface area contributed by atoms with Gasteiger partial charge in [-0.25, -0.2) is 4.98 Å². The van der Waals surface area contributed by atoms with Gasteiger partial charge in [-0.2, -0.15) is 0 Å². The van der Waals surface area contributed by atoms with Crippen molar-refractivity contribution in [2.75, 3.05) is 46.6 Å². The van der Waals surface area contributed by atoms with Crippen molar-refractivity contribution in [1.82, 2.24) is 14.5 Å². The molecule has 0 spiro atoms. The molecule has 1 unspecified atom stereocenters. The summed E-state index contributed by atoms with van der Waals surface area (Å²) in [5, 5.41) is 10.4. The molecule has 0 aromatic carbocycles. The number of ether oxygens (including phenoxy) is 2. The summed E-state index contributed by atoms with van der Waals surface area (Å²) in [6, 6.07) is 0. The topological polar surface area (TPSA) is 59.8 Å². The number of aromatic nitrogens is 2. The van der Waals surface area contributed by atoms with Gasteiger partial charge < -0.3 is 24.0 Å². The molecule has 0 amide bonds. The summed E-state index contributed by atoms with van der Waals surface area (Å²) in [4.78, 5) is 6.65. The normalized spacial score (nSPS) is 19.0. The first kappa shape index (κ1) is 16.4. The van der Waals surface area contributed by atoms with Gasteiger partial charge in [0.25, 0.3) is 0 Å². The number of piperidine rings is 1. The van der Waals surface area contributed by atoms with Gasteiger partial charge in [-0.05, 0) is 31.8 Å². The van der Waals surface area contributed by atoms with Crippen LogP contribution in [0.2, 0.25) is 0 Å². The molecule has 1 saturated heterocycles. The Kier molecular flexibility index (Phi) is 6.63. The fraction of sp³-hybridized carbons (Fsp3) is 0.800. The summed E-state index contributed by atoms with van der Waals surface area (Å²) in [6.45, 7) is 5.03. The van der Waals surface area contributed by atoms with Crippen LogP contribution in [0.15, 0.2) is 12.4 Å². The van der Waals surface area contributed by atoms with E-state index >= 15 is 0 Å². The number of nitrogens with zero attached hydrogens (tertiary/aromatic N) is 3. The average Bonchev–Trinajstić information content (AvgIpc) is 2.93. The average molecular weight is 297 g/mol. The lowest BCUT2D eigenvalue weighted by molar-refractivity contribution is 0.0292. The van der Waals surface area contributed by atoms with E-state index in [9.17, 15) is 5.11 Å². The van der Waals surface area contributed by atoms with Crippen molar-refractivity contribution in [2.45, 2.75) is 18.9 Å². The van der Waals surface area contributed by atoms with Crippen molar-refractivity contribution in [2.24, 2.45) is 13.0 Å². The van der Waals surface area contributed by atoms with Gasteiger partial charge in [-0.1, -0.05) is 0 Å². The van der Waals surface area contributed by atoms with Crippen LogP contribution in [-0.4, -0.2) is 66.1 Å². The minimum absolute atomic E-state index is 0.303. The Morgan fingerprint density at radius 1 is 1.33 bits per heavy atom. The third kappa shape index (κ3) is 4.78. The van der Waals surface area contributed by atoms with Crippen LogP contribution in [0.3, 0.4) is 0 Å². The predicted molar refractivity (Wildman–Crippen MR) is 80.0 cm³/mol. The molecule has 6 nitrogen and oxygen atoms in total. The lowest BCUT2D eigenvalue weighted by Crippen LogP contribution is -2.38. The first-order chi connectivity index (χ1) is 10.2. The molecule has 1 atom stereocenters. The maximum absolute atomic E-state index is 10.4. The first-order valence-electron chi connectivity index (χ1n) is 7.66. The molecular weight excluding hydrogens is 270 g/mol. The lowest BCUT2D eigenvalue weighted by atomic mass is 9.91. The third-order valence-corrected chi connectivity index (χ3v) is 4.19. The van der Waals surface area contributed by atoms with E-state index in [4.69, 9.17) is 9.47 Å². The maximum Gasteiger partial charge on any atom is 0.137 e. The lowest BCUT2D eigenvalue weighted by Gasteiger charge is -2.33. The largest absolute Gasteiger partial charge is 0.385 e. The van der Waals surface area contributed by atoms with E-state index in [1.165, 1.54) is 0 Å². The Labute approximate surface area is 126 Å². The van der Waals surface area contributed by atoms with Crippen molar-refractivity contribution < 1.29 is 14.6 Å². The number of aliphatic hydroxyl groups excluding tert-OH is 1. The van der Waals surface area contributed by atoms with Crippen molar-refractivity contribution in [3.8, 4) is 0 Å². The van der Waals surface area contributed by atoms with Crippen LogP contribution in [0.25, 0.3) is 0 Å². The van der Waals surface area contributed by atoms with Crippen molar-refractivity contribution in [1.29, 1.82) is 0 Å². The van der Waals surface area contributed by atoms with E-state index in [0.29, 0.717) is 19.1 Å². The van der Waals surface area contributed by atoms with E-state index in [1.807, 2.05) is 17.8 Å². The van der Waals surface area contributed by atoms with Gasteiger partial charge >= 0.3 is 0 Å². The molecule has 0 radical (unpaired) electrons. The van der Waals surface area contributed by atoms with E-state index in [2.05, 4.69) is 9.88 Å². The van der Waals surface area contributed by atoms with Gasteiger partial charge in [0, 0.05) is 33.1 Å². The second kappa shape index (κ2) is 8.48. The number of likely N-dealkylation sites (tertiary alicyclic amines) is 1. The highest BCUT2D eigenvalue weighted by molar-refractivity contribution is 4.98. The molecule has 0 saturated carbocycles. The number of hydrogen-bond donors (Lipinski definition) is 1. The molecule has 2 rings (SSSR count). The van der Waals surface area contributed by atoms with Gasteiger partial charge in [-0.3, -0.25) is 0 Å². The summed E-state index contributed by atoms with van der Waals surface area (Å²) in [5.74, 6) is 1.08. The van der Waals surface area contributed by atoms with E-state index in [1.54, 1.807) is 13.3 Å². The van der Waals surface area contributed by atoms with Gasteiger partial charge in [0.15, 0.2) is 0 Å². The minimum Gasteiger partial charge on any atom is -0.385 e. The number of rotatable bonds is 8. The van der Waals surface area contributed by atoms with Crippen LogP contribution in [0.5, 0.6) is 0 Å². The van der Waals surface area contributed by atoms with Crippen molar-refractivity contribution >= 4 is 0 Å². The Balaban J connectivity index is 1.67. The highest BCUT2D eigenvalue weighted by Crippen LogP contribution is 2.29. The fourth-order valence-corrected chi connectivity index (χ4v) is 2.80. The summed E-state index contributed by atoms with van der Waals surface area (Å²) < 4.78 is 12.3. The Morgan fingerprint density at radius 2 is 2.10 bits per heavy atom. The molecule has 1 aliphatic rings. The Bertz CT molecular complexity index is 403. The molecule has 1 fully saturated rings. The summed E-state index contributed by atoms with van der Waals surface area (Å²) >= 11 is 0. The quantitative estimate of drug-likeness (QED) is 0.720. The van der Waals surface area contributed by atoms with E-state index in [0.717, 1.165) is 44.9 Å². The van der Waals surface area contributed by atoms with Crippen LogP contribution in [-0.2, 0) is 16.5 Å². The van der Waals surface area contributed by atoms with Crippen LogP contribution in [0, 0.1) is 5.92 Å². The zero-order valence-corrected chi connectivity index (χ0v) is 13.1. The van der Waals surface area contributed by atoms with Gasteiger partial charge in [0.2, 0.25) is 0 Å². The molecule has 6 heteroatoms. The standard InChI is InChI=1S/C15H27N3O3/c1-17-8-5-16-15(17)14(19)13-3-6-18(7-4-13)9-10-21-12-11-20-2/h5,8,13-14,19H,3-4,6-7,9-12H2,1-2H3. The number of aliphatic hydroxyl groups is 1. The summed E-state index contributed by atoms with van der Waals surface area (Å²) in [5.41, 5.74) is 0. The summed E-state index contributed by atoms with van der Waals surface area (Å²) in [6.07, 6.45) is 5.18. The second-order valence-corrected chi connectivity index (χ2v) is 5.63. The molecule has 2 heterocycles. The zero-order valence-electron chi connectivity index (χ0n) is 13.1. The monoisotopic (exact) mass is 297 g/mol. The molecule has 1 aromatic heterocycles.